The summed E-state index contributed by atoms with van der Waals surface area (Å²) in [5.41, 5.74) is 6.63. The molecule has 0 radical (unpaired) electrons. The van der Waals surface area contributed by atoms with Crippen molar-refractivity contribution in [2.45, 2.75) is 6.54 Å². The highest BCUT2D eigenvalue weighted by Gasteiger charge is 2.20. The molecular weight excluding hydrogens is 336 g/mol. The third-order valence-corrected chi connectivity index (χ3v) is 3.65. The summed E-state index contributed by atoms with van der Waals surface area (Å²) >= 11 is 0. The van der Waals surface area contributed by atoms with Gasteiger partial charge in [-0.25, -0.2) is 4.68 Å². The summed E-state index contributed by atoms with van der Waals surface area (Å²) in [6, 6.07) is 14.2. The quantitative estimate of drug-likeness (QED) is 0.684. The lowest BCUT2D eigenvalue weighted by molar-refractivity contribution is 0.0998. The van der Waals surface area contributed by atoms with Gasteiger partial charge in [-0.1, -0.05) is 36.4 Å². The Balaban J connectivity index is 1.86. The molecule has 0 saturated heterocycles. The Labute approximate surface area is 148 Å². The molecule has 2 aromatic carbocycles. The largest absolute Gasteiger partial charge is 0.496 e. The molecule has 0 spiro atoms. The minimum absolute atomic E-state index is 0.00657. The number of rotatable bonds is 6. The number of anilines is 1. The average molecular weight is 352 g/mol. The van der Waals surface area contributed by atoms with Crippen LogP contribution >= 0.6 is 0 Å². The predicted octanol–water partition coefficient (Wildman–Crippen LogP) is 1.08. The highest BCUT2D eigenvalue weighted by Crippen LogP contribution is 2.26. The number of tetrazole rings is 1. The number of methoxy groups -OCH3 is 1. The highest BCUT2D eigenvalue weighted by molar-refractivity contribution is 6.08. The second kappa shape index (κ2) is 7.43. The molecule has 0 aliphatic heterocycles. The first kappa shape index (κ1) is 17.1. The molecule has 0 fully saturated rings. The Hall–Kier alpha value is -3.75. The number of primary amides is 1. The van der Waals surface area contributed by atoms with Gasteiger partial charge in [0.1, 0.15) is 11.3 Å². The van der Waals surface area contributed by atoms with Crippen molar-refractivity contribution in [2.75, 3.05) is 12.4 Å². The number of carbonyl (C=O) groups is 2. The van der Waals surface area contributed by atoms with Crippen LogP contribution in [0, 0.1) is 0 Å². The van der Waals surface area contributed by atoms with Crippen LogP contribution in [0.25, 0.3) is 0 Å². The highest BCUT2D eigenvalue weighted by atomic mass is 16.5. The van der Waals surface area contributed by atoms with Crippen molar-refractivity contribution in [1.82, 2.24) is 20.2 Å². The Morgan fingerprint density at radius 2 is 1.92 bits per heavy atom. The Bertz CT molecular complexity index is 939. The van der Waals surface area contributed by atoms with Crippen molar-refractivity contribution in [3.63, 3.8) is 0 Å². The third-order valence-electron chi connectivity index (χ3n) is 3.65. The van der Waals surface area contributed by atoms with Gasteiger partial charge in [0.25, 0.3) is 11.8 Å². The van der Waals surface area contributed by atoms with Crippen LogP contribution in [0.15, 0.2) is 48.5 Å². The number of nitrogens with one attached hydrogen (secondary N) is 1. The number of benzene rings is 2. The van der Waals surface area contributed by atoms with Gasteiger partial charge in [-0.05, 0) is 28.1 Å². The second-order valence-electron chi connectivity index (χ2n) is 5.35. The summed E-state index contributed by atoms with van der Waals surface area (Å²) in [5.74, 6) is -1.02. The molecule has 0 aliphatic carbocycles. The maximum Gasteiger partial charge on any atom is 0.295 e. The third kappa shape index (κ3) is 3.51. The number of carbonyl (C=O) groups excluding carboxylic acids is 2. The van der Waals surface area contributed by atoms with Crippen LogP contribution < -0.4 is 15.8 Å². The second-order valence-corrected chi connectivity index (χ2v) is 5.35. The van der Waals surface area contributed by atoms with Crippen LogP contribution in [-0.4, -0.2) is 39.1 Å². The topological polar surface area (TPSA) is 125 Å². The zero-order valence-corrected chi connectivity index (χ0v) is 13.9. The van der Waals surface area contributed by atoms with E-state index in [-0.39, 0.29) is 22.8 Å². The number of hydrogen-bond acceptors (Lipinski definition) is 6. The van der Waals surface area contributed by atoms with E-state index in [0.29, 0.717) is 6.54 Å². The molecular formula is C17H16N6O3. The number of amides is 2. The molecule has 2 amide bonds. The number of nitrogens with two attached hydrogens (primary N) is 1. The molecule has 0 aliphatic rings. The van der Waals surface area contributed by atoms with E-state index in [1.807, 2.05) is 30.3 Å². The van der Waals surface area contributed by atoms with Gasteiger partial charge in [-0.2, -0.15) is 0 Å². The zero-order valence-electron chi connectivity index (χ0n) is 13.9. The zero-order chi connectivity index (χ0) is 18.5. The molecule has 0 atom stereocenters. The normalized spacial score (nSPS) is 10.3. The maximum absolute atomic E-state index is 12.6. The van der Waals surface area contributed by atoms with Gasteiger partial charge < -0.3 is 15.8 Å². The molecule has 9 heteroatoms. The van der Waals surface area contributed by atoms with Crippen LogP contribution in [0.3, 0.4) is 0 Å². The van der Waals surface area contributed by atoms with Gasteiger partial charge in [-0.15, -0.1) is 5.10 Å². The molecule has 1 heterocycles. The average Bonchev–Trinajstić information content (AvgIpc) is 3.10. The lowest BCUT2D eigenvalue weighted by Crippen LogP contribution is -2.22. The van der Waals surface area contributed by atoms with Gasteiger partial charge in [-0.3, -0.25) is 9.59 Å². The minimum Gasteiger partial charge on any atom is -0.496 e. The molecule has 0 unspecified atom stereocenters. The molecule has 0 bridgehead atoms. The first-order valence-corrected chi connectivity index (χ1v) is 7.68. The van der Waals surface area contributed by atoms with Crippen molar-refractivity contribution in [3.05, 3.63) is 65.5 Å². The molecule has 1 aromatic heterocycles. The number of ether oxygens (including phenoxy) is 1. The van der Waals surface area contributed by atoms with E-state index in [2.05, 4.69) is 20.8 Å². The number of nitrogens with zero attached hydrogens (tertiary/aromatic N) is 4. The van der Waals surface area contributed by atoms with E-state index in [0.717, 1.165) is 5.56 Å². The Morgan fingerprint density at radius 3 is 2.62 bits per heavy atom. The van der Waals surface area contributed by atoms with Gasteiger partial charge in [0.05, 0.1) is 19.3 Å². The number of aromatic nitrogens is 4. The first-order valence-electron chi connectivity index (χ1n) is 7.68. The van der Waals surface area contributed by atoms with Gasteiger partial charge in [0.15, 0.2) is 0 Å². The summed E-state index contributed by atoms with van der Waals surface area (Å²) < 4.78 is 6.49. The summed E-state index contributed by atoms with van der Waals surface area (Å²) in [4.78, 5) is 24.3. The SMILES string of the molecule is COc1cccc(NC(=O)c2nnnn2Cc2ccccc2)c1C(N)=O. The Morgan fingerprint density at radius 1 is 1.15 bits per heavy atom. The monoisotopic (exact) mass is 352 g/mol. The standard InChI is InChI=1S/C17H16N6O3/c1-26-13-9-5-8-12(14(13)15(18)24)19-17(25)16-20-21-22-23(16)10-11-6-3-2-4-7-11/h2-9H,10H2,1H3,(H2,18,24)(H,19,25). The van der Waals surface area contributed by atoms with E-state index < -0.39 is 11.8 Å². The summed E-state index contributed by atoms with van der Waals surface area (Å²) in [6.07, 6.45) is 0. The molecule has 3 N–H and O–H groups in total. The number of hydrogen-bond donors (Lipinski definition) is 2. The first-order chi connectivity index (χ1) is 12.6. The summed E-state index contributed by atoms with van der Waals surface area (Å²) in [7, 11) is 1.41. The maximum atomic E-state index is 12.6. The van der Waals surface area contributed by atoms with E-state index in [4.69, 9.17) is 10.5 Å². The fourth-order valence-electron chi connectivity index (χ4n) is 2.47. The molecule has 132 valence electrons. The summed E-state index contributed by atoms with van der Waals surface area (Å²) in [6.45, 7) is 0.331. The van der Waals surface area contributed by atoms with Crippen LogP contribution in [0.4, 0.5) is 5.69 Å². The van der Waals surface area contributed by atoms with Crippen molar-refractivity contribution < 1.29 is 14.3 Å². The smallest absolute Gasteiger partial charge is 0.295 e. The molecule has 0 saturated carbocycles. The molecule has 3 aromatic rings. The van der Waals surface area contributed by atoms with Gasteiger partial charge in [0.2, 0.25) is 5.82 Å². The van der Waals surface area contributed by atoms with E-state index >= 15 is 0 Å². The van der Waals surface area contributed by atoms with Gasteiger partial charge >= 0.3 is 0 Å². The minimum atomic E-state index is -0.721. The fourth-order valence-corrected chi connectivity index (χ4v) is 2.47. The predicted molar refractivity (Wildman–Crippen MR) is 92.8 cm³/mol. The Kier molecular flexibility index (Phi) is 4.88. The lowest BCUT2D eigenvalue weighted by atomic mass is 10.1. The van der Waals surface area contributed by atoms with Crippen LogP contribution in [-0.2, 0) is 6.54 Å². The lowest BCUT2D eigenvalue weighted by Gasteiger charge is -2.12. The van der Waals surface area contributed by atoms with Crippen LogP contribution in [0.2, 0.25) is 0 Å². The molecule has 9 nitrogen and oxygen atoms in total. The molecule has 26 heavy (non-hydrogen) atoms. The van der Waals surface area contributed by atoms with Crippen molar-refractivity contribution in [3.8, 4) is 5.75 Å². The molecule has 3 rings (SSSR count). The summed E-state index contributed by atoms with van der Waals surface area (Å²) in [5, 5.41) is 13.8. The van der Waals surface area contributed by atoms with Gasteiger partial charge in [0, 0.05) is 0 Å². The van der Waals surface area contributed by atoms with Crippen molar-refractivity contribution >= 4 is 17.5 Å². The fraction of sp³-hybridized carbons (Fsp3) is 0.118. The van der Waals surface area contributed by atoms with Crippen LogP contribution in [0.5, 0.6) is 5.75 Å². The van der Waals surface area contributed by atoms with Crippen molar-refractivity contribution in [2.24, 2.45) is 5.73 Å². The van der Waals surface area contributed by atoms with Crippen LogP contribution in [0.1, 0.15) is 26.5 Å². The van der Waals surface area contributed by atoms with E-state index in [1.54, 1.807) is 18.2 Å². The van der Waals surface area contributed by atoms with Crippen molar-refractivity contribution in [1.29, 1.82) is 0 Å². The van der Waals surface area contributed by atoms with E-state index in [9.17, 15) is 9.59 Å². The van der Waals surface area contributed by atoms with E-state index in [1.165, 1.54) is 11.8 Å².